The van der Waals surface area contributed by atoms with Crippen molar-refractivity contribution in [3.8, 4) is 0 Å². The minimum Gasteiger partial charge on any atom is -0.351 e. The van der Waals surface area contributed by atoms with Crippen LogP contribution in [0.4, 0.5) is 0 Å². The molecule has 220 valence electrons. The number of carbonyl (C=O) groups excluding carboxylic acids is 4. The Bertz CT molecular complexity index is 1070. The minimum atomic E-state index is -0.719. The van der Waals surface area contributed by atoms with Crippen molar-refractivity contribution in [1.82, 2.24) is 26.2 Å². The van der Waals surface area contributed by atoms with Gasteiger partial charge >= 0.3 is 0 Å². The average Bonchev–Trinajstić information content (AvgIpc) is 3.39. The molecular formula is C31H47N5O4. The van der Waals surface area contributed by atoms with E-state index in [9.17, 15) is 19.2 Å². The molecule has 0 bridgehead atoms. The molecule has 0 radical (unpaired) electrons. The molecule has 4 rings (SSSR count). The molecule has 1 aromatic rings. The number of nitrogens with zero attached hydrogens (tertiary/aromatic N) is 1. The fourth-order valence-corrected chi connectivity index (χ4v) is 6.41. The van der Waals surface area contributed by atoms with Gasteiger partial charge in [-0.2, -0.15) is 0 Å². The summed E-state index contributed by atoms with van der Waals surface area (Å²) in [5, 5.41) is 12.3. The summed E-state index contributed by atoms with van der Waals surface area (Å²) in [6, 6.07) is 5.91. The number of fused-ring (bicyclic) bond motifs is 1. The van der Waals surface area contributed by atoms with Crippen LogP contribution in [0.3, 0.4) is 0 Å². The van der Waals surface area contributed by atoms with Crippen LogP contribution in [0.2, 0.25) is 0 Å². The van der Waals surface area contributed by atoms with Crippen molar-refractivity contribution in [2.75, 3.05) is 13.6 Å². The summed E-state index contributed by atoms with van der Waals surface area (Å²) < 4.78 is 0. The lowest BCUT2D eigenvalue weighted by atomic mass is 9.83. The topological polar surface area (TPSA) is 120 Å². The monoisotopic (exact) mass is 553 g/mol. The van der Waals surface area contributed by atoms with Crippen LogP contribution in [0.1, 0.15) is 89.3 Å². The lowest BCUT2D eigenvalue weighted by Gasteiger charge is -2.35. The van der Waals surface area contributed by atoms with Gasteiger partial charge in [0.25, 0.3) is 0 Å². The predicted octanol–water partition coefficient (Wildman–Crippen LogP) is 2.59. The first-order valence-electron chi connectivity index (χ1n) is 15.2. The third kappa shape index (κ3) is 7.03. The van der Waals surface area contributed by atoms with Gasteiger partial charge in [0.2, 0.25) is 23.6 Å². The summed E-state index contributed by atoms with van der Waals surface area (Å²) >= 11 is 0. The minimum absolute atomic E-state index is 0.0208. The highest BCUT2D eigenvalue weighted by atomic mass is 16.2. The van der Waals surface area contributed by atoms with Crippen LogP contribution in [0.15, 0.2) is 24.3 Å². The van der Waals surface area contributed by atoms with Gasteiger partial charge in [0.1, 0.15) is 12.1 Å². The summed E-state index contributed by atoms with van der Waals surface area (Å²) in [6.45, 7) is 5.67. The number of hydrogen-bond acceptors (Lipinski definition) is 5. The number of likely N-dealkylation sites (N-methyl/N-ethyl adjacent to an activating group) is 1. The van der Waals surface area contributed by atoms with Crippen LogP contribution in [-0.2, 0) is 25.6 Å². The third-order valence-electron chi connectivity index (χ3n) is 8.95. The maximum atomic E-state index is 14.3. The van der Waals surface area contributed by atoms with E-state index in [1.165, 1.54) is 5.56 Å². The number of rotatable bonds is 9. The Morgan fingerprint density at radius 2 is 1.62 bits per heavy atom. The summed E-state index contributed by atoms with van der Waals surface area (Å²) in [5.74, 6) is -0.932. The number of amides is 4. The fraction of sp³-hybridized carbons (Fsp3) is 0.677. The lowest BCUT2D eigenvalue weighted by Crippen LogP contribution is -2.58. The van der Waals surface area contributed by atoms with Crippen LogP contribution < -0.4 is 21.3 Å². The molecule has 4 amide bonds. The first-order chi connectivity index (χ1) is 19.2. The van der Waals surface area contributed by atoms with Gasteiger partial charge < -0.3 is 26.2 Å². The van der Waals surface area contributed by atoms with Crippen LogP contribution in [-0.4, -0.2) is 66.3 Å². The fourth-order valence-electron chi connectivity index (χ4n) is 6.41. The van der Waals surface area contributed by atoms with Gasteiger partial charge in [0.05, 0.1) is 12.1 Å². The largest absolute Gasteiger partial charge is 0.351 e. The van der Waals surface area contributed by atoms with Crippen molar-refractivity contribution in [2.45, 2.75) is 109 Å². The Labute approximate surface area is 238 Å². The lowest BCUT2D eigenvalue weighted by molar-refractivity contribution is -0.143. The van der Waals surface area contributed by atoms with Gasteiger partial charge in [0, 0.05) is 18.5 Å². The SMILES string of the molecule is CN[C@@H](C)C(=O)N[C@H](C(=O)N1C[C@@H](NC(=O)C(C)C)C[C@H]1C(=O)N[C@@H]1CCCc2ccccc21)C1CCCCC1. The van der Waals surface area contributed by atoms with Crippen molar-refractivity contribution in [3.05, 3.63) is 35.4 Å². The van der Waals surface area contributed by atoms with Gasteiger partial charge in [-0.15, -0.1) is 0 Å². The van der Waals surface area contributed by atoms with E-state index in [0.717, 1.165) is 56.9 Å². The molecule has 2 fully saturated rings. The molecule has 4 N–H and O–H groups in total. The van der Waals surface area contributed by atoms with Crippen LogP contribution in [0.25, 0.3) is 0 Å². The van der Waals surface area contributed by atoms with Gasteiger partial charge in [-0.3, -0.25) is 19.2 Å². The molecule has 0 spiro atoms. The smallest absolute Gasteiger partial charge is 0.246 e. The first-order valence-corrected chi connectivity index (χ1v) is 15.2. The molecule has 1 saturated heterocycles. The van der Waals surface area contributed by atoms with E-state index in [1.807, 2.05) is 26.0 Å². The average molecular weight is 554 g/mol. The molecule has 1 heterocycles. The van der Waals surface area contributed by atoms with Crippen LogP contribution in [0, 0.1) is 11.8 Å². The maximum absolute atomic E-state index is 14.3. The summed E-state index contributed by atoms with van der Waals surface area (Å²) in [4.78, 5) is 55.3. The molecule has 1 saturated carbocycles. The zero-order chi connectivity index (χ0) is 28.8. The second kappa shape index (κ2) is 13.6. The number of aryl methyl sites for hydroxylation is 1. The Morgan fingerprint density at radius 3 is 2.33 bits per heavy atom. The molecule has 3 aliphatic rings. The second-order valence-electron chi connectivity index (χ2n) is 12.1. The zero-order valence-electron chi connectivity index (χ0n) is 24.5. The molecule has 1 aromatic carbocycles. The number of carbonyl (C=O) groups is 4. The third-order valence-corrected chi connectivity index (χ3v) is 8.95. The Kier molecular flexibility index (Phi) is 10.2. The van der Waals surface area contributed by atoms with Gasteiger partial charge in [-0.1, -0.05) is 57.4 Å². The highest BCUT2D eigenvalue weighted by Gasteiger charge is 2.45. The van der Waals surface area contributed by atoms with Crippen LogP contribution in [0.5, 0.6) is 0 Å². The van der Waals surface area contributed by atoms with Crippen molar-refractivity contribution in [1.29, 1.82) is 0 Å². The Balaban J connectivity index is 1.58. The van der Waals surface area contributed by atoms with E-state index in [0.29, 0.717) is 6.42 Å². The quantitative estimate of drug-likeness (QED) is 0.375. The van der Waals surface area contributed by atoms with Crippen molar-refractivity contribution in [2.24, 2.45) is 11.8 Å². The maximum Gasteiger partial charge on any atom is 0.246 e. The van der Waals surface area contributed by atoms with Crippen molar-refractivity contribution < 1.29 is 19.2 Å². The molecule has 0 aromatic heterocycles. The van der Waals surface area contributed by atoms with Gasteiger partial charge in [-0.25, -0.2) is 0 Å². The molecule has 0 unspecified atom stereocenters. The molecular weight excluding hydrogens is 506 g/mol. The van der Waals surface area contributed by atoms with E-state index in [-0.39, 0.29) is 54.1 Å². The number of likely N-dealkylation sites (tertiary alicyclic amines) is 1. The van der Waals surface area contributed by atoms with Crippen LogP contribution >= 0.6 is 0 Å². The number of benzene rings is 1. The molecule has 9 nitrogen and oxygen atoms in total. The first kappa shape index (κ1) is 30.0. The molecule has 5 atom stereocenters. The number of nitrogens with one attached hydrogen (secondary N) is 4. The van der Waals surface area contributed by atoms with E-state index >= 15 is 0 Å². The highest BCUT2D eigenvalue weighted by Crippen LogP contribution is 2.32. The normalized spacial score (nSPS) is 24.6. The number of hydrogen-bond donors (Lipinski definition) is 4. The van der Waals surface area contributed by atoms with E-state index < -0.39 is 18.1 Å². The van der Waals surface area contributed by atoms with Crippen molar-refractivity contribution >= 4 is 23.6 Å². The summed E-state index contributed by atoms with van der Waals surface area (Å²) in [7, 11) is 1.72. The zero-order valence-corrected chi connectivity index (χ0v) is 24.5. The van der Waals surface area contributed by atoms with E-state index in [2.05, 4.69) is 33.4 Å². The van der Waals surface area contributed by atoms with E-state index in [4.69, 9.17) is 0 Å². The van der Waals surface area contributed by atoms with Gasteiger partial charge in [0.15, 0.2) is 0 Å². The van der Waals surface area contributed by atoms with Gasteiger partial charge in [-0.05, 0) is 69.5 Å². The molecule has 1 aliphatic heterocycles. The Morgan fingerprint density at radius 1 is 0.900 bits per heavy atom. The molecule has 40 heavy (non-hydrogen) atoms. The predicted molar refractivity (Wildman–Crippen MR) is 154 cm³/mol. The molecule has 9 heteroatoms. The standard InChI is InChI=1S/C31H47N5O4/c1-19(2)28(37)33-23-17-26(30(39)34-25-16-10-14-21-11-8-9-15-24(21)25)36(18-23)31(40)27(22-12-6-5-7-13-22)35-29(38)20(3)32-4/h8-9,11,15,19-20,22-23,25-27,32H,5-7,10,12-14,16-18H2,1-4H3,(H,33,37)(H,34,39)(H,35,38)/t20-,23-,25+,26-,27-/m0/s1. The second-order valence-corrected chi connectivity index (χ2v) is 12.1. The van der Waals surface area contributed by atoms with E-state index in [1.54, 1.807) is 18.9 Å². The summed E-state index contributed by atoms with van der Waals surface area (Å²) in [6.07, 6.45) is 8.06. The Hall–Kier alpha value is -2.94. The molecule has 2 aliphatic carbocycles. The highest BCUT2D eigenvalue weighted by molar-refractivity contribution is 5.94. The summed E-state index contributed by atoms with van der Waals surface area (Å²) in [5.41, 5.74) is 2.38. The van der Waals surface area contributed by atoms with Crippen molar-refractivity contribution in [3.63, 3.8) is 0 Å².